The van der Waals surface area contributed by atoms with Crippen LogP contribution in [0, 0.1) is 0 Å². The van der Waals surface area contributed by atoms with E-state index in [1.165, 1.54) is 4.90 Å². The van der Waals surface area contributed by atoms with E-state index in [0.717, 1.165) is 27.7 Å². The molecule has 30 heavy (non-hydrogen) atoms. The summed E-state index contributed by atoms with van der Waals surface area (Å²) < 4.78 is 14.3. The summed E-state index contributed by atoms with van der Waals surface area (Å²) in [5.41, 5.74) is 2.46. The maximum absolute atomic E-state index is 12.5. The Labute approximate surface area is 174 Å². The number of rotatable bonds is 2. The smallest absolute Gasteiger partial charge is 0.414 e. The molecule has 2 heterocycles. The fraction of sp³-hybridized carbons (Fsp3) is 0.0800. The standard InChI is InChI=1S/C25H20N2O3/c1-26(2)25(28)30-24-20-13-8-14-27(20)21-15-18-11-6-7-12-19(18)16-22(21)29-23(24)17-9-4-3-5-10-17/h3-16H,1-2H3. The van der Waals surface area contributed by atoms with Crippen LogP contribution in [0.3, 0.4) is 0 Å². The lowest BCUT2D eigenvalue weighted by molar-refractivity contribution is 0.162. The van der Waals surface area contributed by atoms with Crippen LogP contribution in [-0.2, 0) is 4.74 Å². The van der Waals surface area contributed by atoms with Gasteiger partial charge in [-0.15, -0.1) is 0 Å². The molecule has 1 aromatic heterocycles. The van der Waals surface area contributed by atoms with E-state index in [0.29, 0.717) is 17.3 Å². The van der Waals surface area contributed by atoms with E-state index in [4.69, 9.17) is 9.47 Å². The van der Waals surface area contributed by atoms with E-state index in [1.54, 1.807) is 14.1 Å². The number of amides is 1. The van der Waals surface area contributed by atoms with Gasteiger partial charge < -0.3 is 18.9 Å². The zero-order chi connectivity index (χ0) is 20.7. The molecule has 4 aromatic rings. The monoisotopic (exact) mass is 396 g/mol. The largest absolute Gasteiger partial charge is 0.450 e. The topological polar surface area (TPSA) is 43.7 Å². The molecule has 5 rings (SSSR count). The first-order valence-electron chi connectivity index (χ1n) is 9.69. The number of ether oxygens (including phenoxy) is 2. The molecule has 0 spiro atoms. The number of aromatic nitrogens is 1. The maximum atomic E-state index is 12.5. The van der Waals surface area contributed by atoms with Crippen molar-refractivity contribution in [3.05, 3.63) is 96.3 Å². The Morgan fingerprint density at radius 2 is 1.60 bits per heavy atom. The van der Waals surface area contributed by atoms with Crippen molar-refractivity contribution in [1.29, 1.82) is 0 Å². The summed E-state index contributed by atoms with van der Waals surface area (Å²) in [4.78, 5) is 13.9. The first-order chi connectivity index (χ1) is 14.6. The Morgan fingerprint density at radius 1 is 0.900 bits per heavy atom. The first kappa shape index (κ1) is 18.1. The lowest BCUT2D eigenvalue weighted by Crippen LogP contribution is -2.23. The molecule has 0 fully saturated rings. The van der Waals surface area contributed by atoms with Crippen molar-refractivity contribution in [3.63, 3.8) is 0 Å². The Balaban J connectivity index is 1.79. The third-order valence-electron chi connectivity index (χ3n) is 5.08. The zero-order valence-electron chi connectivity index (χ0n) is 16.7. The van der Waals surface area contributed by atoms with Crippen molar-refractivity contribution in [3.8, 4) is 11.4 Å². The van der Waals surface area contributed by atoms with Crippen molar-refractivity contribution in [2.45, 2.75) is 0 Å². The Morgan fingerprint density at radius 3 is 2.33 bits per heavy atom. The summed E-state index contributed by atoms with van der Waals surface area (Å²) in [5.74, 6) is 1.57. The number of fused-ring (bicyclic) bond motifs is 4. The van der Waals surface area contributed by atoms with Gasteiger partial charge in [0, 0.05) is 25.9 Å². The molecule has 0 radical (unpaired) electrons. The fourth-order valence-corrected chi connectivity index (χ4v) is 3.58. The van der Waals surface area contributed by atoms with Gasteiger partial charge in [-0.2, -0.15) is 0 Å². The van der Waals surface area contributed by atoms with Gasteiger partial charge in [-0.3, -0.25) is 0 Å². The molecule has 0 atom stereocenters. The summed E-state index contributed by atoms with van der Waals surface area (Å²) >= 11 is 0. The molecule has 1 aliphatic heterocycles. The van der Waals surface area contributed by atoms with Gasteiger partial charge in [0.15, 0.2) is 17.3 Å². The molecular weight excluding hydrogens is 376 g/mol. The highest BCUT2D eigenvalue weighted by Crippen LogP contribution is 2.40. The molecule has 0 N–H and O–H groups in total. The SMILES string of the molecule is CN(C)C(=O)OC1=C(c2ccccc2)Oc2cc3ccccc3cc2-n2cccc21. The molecule has 0 saturated carbocycles. The Hall–Kier alpha value is -3.99. The average molecular weight is 396 g/mol. The van der Waals surface area contributed by atoms with Gasteiger partial charge in [0.2, 0.25) is 0 Å². The van der Waals surface area contributed by atoms with Gasteiger partial charge in [-0.1, -0.05) is 54.6 Å². The number of carbonyl (C=O) groups is 1. The highest BCUT2D eigenvalue weighted by Gasteiger charge is 2.27. The second-order valence-electron chi connectivity index (χ2n) is 7.32. The molecule has 1 aliphatic rings. The van der Waals surface area contributed by atoms with E-state index >= 15 is 0 Å². The molecule has 5 heteroatoms. The van der Waals surface area contributed by atoms with E-state index < -0.39 is 6.09 Å². The summed E-state index contributed by atoms with van der Waals surface area (Å²) in [6.07, 6.45) is 1.48. The van der Waals surface area contributed by atoms with E-state index in [-0.39, 0.29) is 0 Å². The van der Waals surface area contributed by atoms with Gasteiger partial charge in [0.05, 0.1) is 11.4 Å². The van der Waals surface area contributed by atoms with Crippen LogP contribution >= 0.6 is 0 Å². The molecule has 148 valence electrons. The molecule has 0 bridgehead atoms. The molecule has 0 aliphatic carbocycles. The van der Waals surface area contributed by atoms with Crippen LogP contribution in [0.15, 0.2) is 85.1 Å². The van der Waals surface area contributed by atoms with Crippen LogP contribution in [0.2, 0.25) is 0 Å². The van der Waals surface area contributed by atoms with Gasteiger partial charge in [0.25, 0.3) is 0 Å². The van der Waals surface area contributed by atoms with Gasteiger partial charge in [0.1, 0.15) is 0 Å². The van der Waals surface area contributed by atoms with Crippen molar-refractivity contribution in [2.24, 2.45) is 0 Å². The van der Waals surface area contributed by atoms with Gasteiger partial charge >= 0.3 is 6.09 Å². The molecule has 0 saturated heterocycles. The van der Waals surface area contributed by atoms with Crippen LogP contribution in [0.1, 0.15) is 11.3 Å². The molecule has 0 unspecified atom stereocenters. The van der Waals surface area contributed by atoms with E-state index in [9.17, 15) is 4.79 Å². The minimum Gasteiger partial charge on any atom is -0.450 e. The predicted molar refractivity (Wildman–Crippen MR) is 117 cm³/mol. The summed E-state index contributed by atoms with van der Waals surface area (Å²) in [5, 5.41) is 2.18. The van der Waals surface area contributed by atoms with E-state index in [2.05, 4.69) is 18.2 Å². The number of nitrogens with zero attached hydrogens (tertiary/aromatic N) is 2. The van der Waals surface area contributed by atoms with Crippen molar-refractivity contribution >= 4 is 28.4 Å². The lowest BCUT2D eigenvalue weighted by atomic mass is 10.1. The van der Waals surface area contributed by atoms with Gasteiger partial charge in [-0.05, 0) is 35.0 Å². The minimum absolute atomic E-state index is 0.380. The maximum Gasteiger partial charge on any atom is 0.414 e. The van der Waals surface area contributed by atoms with Crippen LogP contribution in [0.4, 0.5) is 4.79 Å². The molecule has 5 nitrogen and oxygen atoms in total. The van der Waals surface area contributed by atoms with Crippen molar-refractivity contribution in [2.75, 3.05) is 14.1 Å². The Kier molecular flexibility index (Phi) is 4.29. The van der Waals surface area contributed by atoms with E-state index in [1.807, 2.05) is 71.4 Å². The van der Waals surface area contributed by atoms with Crippen molar-refractivity contribution < 1.29 is 14.3 Å². The normalized spacial score (nSPS) is 12.6. The van der Waals surface area contributed by atoms with Crippen LogP contribution in [0.25, 0.3) is 28.0 Å². The summed E-state index contributed by atoms with van der Waals surface area (Å²) in [7, 11) is 3.31. The quantitative estimate of drug-likeness (QED) is 0.446. The second-order valence-corrected chi connectivity index (χ2v) is 7.32. The third-order valence-corrected chi connectivity index (χ3v) is 5.08. The highest BCUT2D eigenvalue weighted by atomic mass is 16.6. The van der Waals surface area contributed by atoms with Crippen LogP contribution < -0.4 is 4.74 Å². The number of hydrogen-bond donors (Lipinski definition) is 0. The molecular formula is C25H20N2O3. The first-order valence-corrected chi connectivity index (χ1v) is 9.69. The highest BCUT2D eigenvalue weighted by molar-refractivity contribution is 5.93. The average Bonchev–Trinajstić information content (AvgIpc) is 3.21. The summed E-state index contributed by atoms with van der Waals surface area (Å²) in [6, 6.07) is 25.8. The number of carbonyl (C=O) groups excluding carboxylic acids is 1. The van der Waals surface area contributed by atoms with Crippen molar-refractivity contribution in [1.82, 2.24) is 9.47 Å². The third kappa shape index (κ3) is 3.01. The second kappa shape index (κ2) is 7.12. The summed E-state index contributed by atoms with van der Waals surface area (Å²) in [6.45, 7) is 0. The van der Waals surface area contributed by atoms with Crippen LogP contribution in [-0.4, -0.2) is 29.7 Å². The molecule has 3 aromatic carbocycles. The predicted octanol–water partition coefficient (Wildman–Crippen LogP) is 5.55. The zero-order valence-corrected chi connectivity index (χ0v) is 16.7. The van der Waals surface area contributed by atoms with Crippen LogP contribution in [0.5, 0.6) is 5.75 Å². The van der Waals surface area contributed by atoms with Gasteiger partial charge in [-0.25, -0.2) is 4.79 Å². The lowest BCUT2D eigenvalue weighted by Gasteiger charge is -2.16. The number of hydrogen-bond acceptors (Lipinski definition) is 3. The minimum atomic E-state index is -0.467. The Bertz CT molecular complexity index is 1290. The molecule has 1 amide bonds. The number of benzene rings is 3. The fourth-order valence-electron chi connectivity index (χ4n) is 3.58.